The van der Waals surface area contributed by atoms with Gasteiger partial charge in [-0.3, -0.25) is 14.5 Å². The van der Waals surface area contributed by atoms with Crippen molar-refractivity contribution in [1.82, 2.24) is 4.90 Å². The highest BCUT2D eigenvalue weighted by Crippen LogP contribution is 2.35. The van der Waals surface area contributed by atoms with Crippen LogP contribution in [0.15, 0.2) is 45.8 Å². The molecule has 0 bridgehead atoms. The Balaban J connectivity index is 1.73. The molecule has 1 atom stereocenters. The minimum atomic E-state index is -0.993. The molecule has 0 aliphatic carbocycles. The van der Waals surface area contributed by atoms with Crippen LogP contribution in [0, 0.1) is 0 Å². The summed E-state index contributed by atoms with van der Waals surface area (Å²) in [5.41, 5.74) is 1.55. The predicted molar refractivity (Wildman–Crippen MR) is 124 cm³/mol. The second kappa shape index (κ2) is 10.1. The molecule has 6 nitrogen and oxygen atoms in total. The number of benzene rings is 2. The number of ether oxygens (including phenoxy) is 2. The Hall–Kier alpha value is -2.00. The zero-order valence-corrected chi connectivity index (χ0v) is 20.3. The van der Waals surface area contributed by atoms with Gasteiger partial charge in [0.25, 0.3) is 11.1 Å². The van der Waals surface area contributed by atoms with E-state index in [2.05, 4.69) is 20.7 Å². The van der Waals surface area contributed by atoms with E-state index < -0.39 is 23.2 Å². The van der Waals surface area contributed by atoms with Gasteiger partial charge in [-0.25, -0.2) is 4.79 Å². The van der Waals surface area contributed by atoms with Gasteiger partial charge in [-0.2, -0.15) is 0 Å². The van der Waals surface area contributed by atoms with E-state index in [9.17, 15) is 14.4 Å². The molecule has 10 heteroatoms. The highest BCUT2D eigenvalue weighted by atomic mass is 79.9. The lowest BCUT2D eigenvalue weighted by molar-refractivity contribution is -0.148. The molecule has 1 saturated heterocycles. The van der Waals surface area contributed by atoms with Gasteiger partial charge in [0.1, 0.15) is 18.4 Å². The van der Waals surface area contributed by atoms with Gasteiger partial charge < -0.3 is 9.47 Å². The van der Waals surface area contributed by atoms with Crippen molar-refractivity contribution < 1.29 is 23.9 Å². The van der Waals surface area contributed by atoms with Crippen molar-refractivity contribution in [3.8, 4) is 5.75 Å². The number of imide groups is 1. The molecule has 31 heavy (non-hydrogen) atoms. The zero-order chi connectivity index (χ0) is 22.7. The van der Waals surface area contributed by atoms with Crippen LogP contribution in [0.2, 0.25) is 10.0 Å². The maximum atomic E-state index is 12.6. The largest absolute Gasteiger partial charge is 0.488 e. The van der Waals surface area contributed by atoms with E-state index >= 15 is 0 Å². The van der Waals surface area contributed by atoms with Crippen molar-refractivity contribution in [2.24, 2.45) is 0 Å². The second-order valence-electron chi connectivity index (χ2n) is 6.48. The molecule has 0 saturated carbocycles. The smallest absolute Gasteiger partial charge is 0.328 e. The van der Waals surface area contributed by atoms with Crippen LogP contribution in [-0.4, -0.2) is 35.2 Å². The number of amides is 2. The third-order valence-electron chi connectivity index (χ3n) is 4.39. The molecule has 162 valence electrons. The first-order valence-electron chi connectivity index (χ1n) is 8.92. The number of esters is 1. The summed E-state index contributed by atoms with van der Waals surface area (Å²) in [4.78, 5) is 37.6. The van der Waals surface area contributed by atoms with E-state index in [4.69, 9.17) is 27.9 Å². The van der Waals surface area contributed by atoms with Crippen LogP contribution in [-0.2, 0) is 20.9 Å². The van der Waals surface area contributed by atoms with Crippen molar-refractivity contribution in [3.05, 3.63) is 66.9 Å². The van der Waals surface area contributed by atoms with E-state index in [0.717, 1.165) is 22.2 Å². The Labute approximate surface area is 201 Å². The molecule has 2 amide bonds. The van der Waals surface area contributed by atoms with Gasteiger partial charge in [-0.1, -0.05) is 35.3 Å². The van der Waals surface area contributed by atoms with Crippen molar-refractivity contribution in [3.63, 3.8) is 0 Å². The van der Waals surface area contributed by atoms with Crippen LogP contribution in [0.3, 0.4) is 0 Å². The lowest BCUT2D eigenvalue weighted by Crippen LogP contribution is -2.42. The van der Waals surface area contributed by atoms with Gasteiger partial charge >= 0.3 is 5.97 Å². The van der Waals surface area contributed by atoms with E-state index in [1.165, 1.54) is 14.0 Å². The lowest BCUT2D eigenvalue weighted by atomic mass is 10.2. The van der Waals surface area contributed by atoms with Crippen LogP contribution in [0.5, 0.6) is 5.75 Å². The third kappa shape index (κ3) is 5.44. The first-order valence-corrected chi connectivity index (χ1v) is 11.3. The molecule has 1 aliphatic heterocycles. The van der Waals surface area contributed by atoms with E-state index in [1.54, 1.807) is 36.4 Å². The van der Waals surface area contributed by atoms with Gasteiger partial charge in [0.2, 0.25) is 0 Å². The van der Waals surface area contributed by atoms with Gasteiger partial charge in [-0.05, 0) is 76.1 Å². The number of halogens is 3. The first kappa shape index (κ1) is 23.7. The summed E-state index contributed by atoms with van der Waals surface area (Å²) < 4.78 is 11.1. The molecule has 1 fully saturated rings. The number of methoxy groups -OCH3 is 1. The monoisotopic (exact) mass is 543 g/mol. The predicted octanol–water partition coefficient (Wildman–Crippen LogP) is 5.93. The van der Waals surface area contributed by atoms with Crippen molar-refractivity contribution in [2.75, 3.05) is 7.11 Å². The average Bonchev–Trinajstić information content (AvgIpc) is 3.01. The maximum Gasteiger partial charge on any atom is 0.328 e. The average molecular weight is 545 g/mol. The van der Waals surface area contributed by atoms with Crippen LogP contribution in [0.25, 0.3) is 6.08 Å². The summed E-state index contributed by atoms with van der Waals surface area (Å²) in [7, 11) is 1.20. The van der Waals surface area contributed by atoms with Crippen LogP contribution in [0.4, 0.5) is 4.79 Å². The SMILES string of the molecule is COC(=O)[C@H](C)N1C(=O)S/C(=C/c2ccc(OCc3ccc(Cl)c(Cl)c3)c(Br)c2)C1=O. The minimum Gasteiger partial charge on any atom is -0.488 e. The summed E-state index contributed by atoms with van der Waals surface area (Å²) in [5.74, 6) is -0.602. The van der Waals surface area contributed by atoms with Gasteiger partial charge in [0.15, 0.2) is 0 Å². The van der Waals surface area contributed by atoms with E-state index in [0.29, 0.717) is 32.4 Å². The molecule has 0 spiro atoms. The van der Waals surface area contributed by atoms with Gasteiger partial charge in [0.05, 0.1) is 26.5 Å². The first-order chi connectivity index (χ1) is 14.7. The van der Waals surface area contributed by atoms with Gasteiger partial charge in [0, 0.05) is 0 Å². The zero-order valence-electron chi connectivity index (χ0n) is 16.4. The molecule has 1 heterocycles. The molecule has 0 N–H and O–H groups in total. The number of hydrogen-bond donors (Lipinski definition) is 0. The van der Waals surface area contributed by atoms with Crippen molar-refractivity contribution in [2.45, 2.75) is 19.6 Å². The fraction of sp³-hybridized carbons (Fsp3) is 0.190. The fourth-order valence-electron chi connectivity index (χ4n) is 2.76. The fourth-order valence-corrected chi connectivity index (χ4v) is 4.50. The molecule has 0 radical (unpaired) electrons. The van der Waals surface area contributed by atoms with E-state index in [1.807, 2.05) is 6.07 Å². The van der Waals surface area contributed by atoms with Gasteiger partial charge in [-0.15, -0.1) is 0 Å². The molecule has 2 aromatic carbocycles. The number of carbonyl (C=O) groups is 3. The second-order valence-corrected chi connectivity index (χ2v) is 9.14. The van der Waals surface area contributed by atoms with Crippen molar-refractivity contribution >= 4 is 74.1 Å². The minimum absolute atomic E-state index is 0.220. The molecule has 1 aliphatic rings. The number of thioether (sulfide) groups is 1. The number of rotatable bonds is 6. The van der Waals surface area contributed by atoms with Crippen molar-refractivity contribution in [1.29, 1.82) is 0 Å². The third-order valence-corrected chi connectivity index (χ3v) is 6.63. The highest BCUT2D eigenvalue weighted by molar-refractivity contribution is 9.10. The summed E-state index contributed by atoms with van der Waals surface area (Å²) >= 11 is 16.2. The number of nitrogens with zero attached hydrogens (tertiary/aromatic N) is 1. The summed E-state index contributed by atoms with van der Waals surface area (Å²) in [5, 5.41) is 0.406. The number of hydrogen-bond acceptors (Lipinski definition) is 6. The number of carbonyl (C=O) groups excluding carboxylic acids is 3. The van der Waals surface area contributed by atoms with E-state index in [-0.39, 0.29) is 4.91 Å². The summed E-state index contributed by atoms with van der Waals surface area (Å²) in [6.07, 6.45) is 1.59. The molecule has 0 aromatic heterocycles. The Kier molecular flexibility index (Phi) is 7.69. The van der Waals surface area contributed by atoms with Crippen LogP contribution < -0.4 is 4.74 Å². The highest BCUT2D eigenvalue weighted by Gasteiger charge is 2.41. The summed E-state index contributed by atoms with van der Waals surface area (Å²) in [6, 6.07) is 9.53. The lowest BCUT2D eigenvalue weighted by Gasteiger charge is -2.18. The topological polar surface area (TPSA) is 72.9 Å². The Morgan fingerprint density at radius 3 is 2.58 bits per heavy atom. The maximum absolute atomic E-state index is 12.6. The quantitative estimate of drug-likeness (QED) is 0.331. The molecular weight excluding hydrogens is 529 g/mol. The molecule has 3 rings (SSSR count). The Bertz CT molecular complexity index is 1090. The Morgan fingerprint density at radius 1 is 1.19 bits per heavy atom. The standard InChI is InChI=1S/C21H16BrCl2NO5S/c1-11(20(27)29-2)25-19(26)18(31-21(25)28)9-12-4-6-17(14(22)7-12)30-10-13-3-5-15(23)16(24)8-13/h3-9,11H,10H2,1-2H3/b18-9+/t11-/m0/s1. The Morgan fingerprint density at radius 2 is 1.94 bits per heavy atom. The molecular formula is C21H16BrCl2NO5S. The molecule has 2 aromatic rings. The van der Waals surface area contributed by atoms with Crippen LogP contribution in [0.1, 0.15) is 18.1 Å². The normalized spacial score (nSPS) is 16.0. The molecule has 0 unspecified atom stereocenters. The van der Waals surface area contributed by atoms with Crippen LogP contribution >= 0.6 is 50.9 Å². The summed E-state index contributed by atoms with van der Waals surface area (Å²) in [6.45, 7) is 1.74.